The van der Waals surface area contributed by atoms with E-state index < -0.39 is 0 Å². The van der Waals surface area contributed by atoms with Crippen LogP contribution in [-0.4, -0.2) is 6.34 Å². The minimum Gasteiger partial charge on any atom is -0.300 e. The van der Waals surface area contributed by atoms with Crippen LogP contribution in [0.4, 0.5) is 17.1 Å². The van der Waals surface area contributed by atoms with Crippen molar-refractivity contribution >= 4 is 23.4 Å². The van der Waals surface area contributed by atoms with Crippen molar-refractivity contribution in [2.75, 3.05) is 4.90 Å². The highest BCUT2D eigenvalue weighted by Crippen LogP contribution is 2.36. The van der Waals surface area contributed by atoms with Crippen LogP contribution >= 0.6 is 0 Å². The number of hydrogen-bond acceptors (Lipinski definition) is 1. The van der Waals surface area contributed by atoms with Crippen molar-refractivity contribution in [1.82, 2.24) is 0 Å². The smallest absolute Gasteiger partial charge is 0.100 e. The Morgan fingerprint density at radius 2 is 0.800 bits per heavy atom. The van der Waals surface area contributed by atoms with E-state index in [1.54, 1.807) is 0 Å². The Balaban J connectivity index is 2.25. The highest BCUT2D eigenvalue weighted by Gasteiger charge is 2.18. The number of aryl methyl sites for hydroxylation is 9. The van der Waals surface area contributed by atoms with Gasteiger partial charge in [-0.15, -0.1) is 0 Å². The standard InChI is InChI=1S/C28H34N2/c1-17-10-20(4)26(21(5)11-17)29-16-30(27-22(6)12-18(2)13-23(27)7)28-24(8)14-19(3)15-25(28)9/h10-16H,1-9H3. The van der Waals surface area contributed by atoms with Crippen molar-refractivity contribution in [3.63, 3.8) is 0 Å². The van der Waals surface area contributed by atoms with Crippen molar-refractivity contribution in [2.24, 2.45) is 4.99 Å². The normalized spacial score (nSPS) is 11.4. The molecule has 2 heteroatoms. The Labute approximate surface area is 182 Å². The average molecular weight is 399 g/mol. The van der Waals surface area contributed by atoms with E-state index in [0.717, 1.165) is 5.69 Å². The molecule has 0 fully saturated rings. The van der Waals surface area contributed by atoms with Crippen molar-refractivity contribution in [3.05, 3.63) is 86.5 Å². The number of nitrogens with zero attached hydrogens (tertiary/aromatic N) is 2. The molecular formula is C28H34N2. The van der Waals surface area contributed by atoms with Gasteiger partial charge in [0.15, 0.2) is 0 Å². The van der Waals surface area contributed by atoms with E-state index in [0.29, 0.717) is 0 Å². The van der Waals surface area contributed by atoms with Crippen molar-refractivity contribution in [2.45, 2.75) is 62.3 Å². The Morgan fingerprint density at radius 1 is 0.500 bits per heavy atom. The van der Waals surface area contributed by atoms with Crippen LogP contribution in [0, 0.1) is 62.3 Å². The van der Waals surface area contributed by atoms with Gasteiger partial charge >= 0.3 is 0 Å². The lowest BCUT2D eigenvalue weighted by Crippen LogP contribution is -2.19. The van der Waals surface area contributed by atoms with Crippen LogP contribution in [0.1, 0.15) is 50.1 Å². The second kappa shape index (κ2) is 8.47. The third-order valence-electron chi connectivity index (χ3n) is 5.69. The molecule has 0 aromatic heterocycles. The van der Waals surface area contributed by atoms with Crippen molar-refractivity contribution in [1.29, 1.82) is 0 Å². The minimum atomic E-state index is 1.05. The van der Waals surface area contributed by atoms with Crippen LogP contribution in [0.25, 0.3) is 0 Å². The lowest BCUT2D eigenvalue weighted by atomic mass is 10.00. The molecule has 30 heavy (non-hydrogen) atoms. The number of benzene rings is 3. The molecule has 0 unspecified atom stereocenters. The first kappa shape index (κ1) is 21.8. The van der Waals surface area contributed by atoms with Gasteiger partial charge < -0.3 is 0 Å². The SMILES string of the molecule is Cc1cc(C)c(N=CN(c2c(C)cc(C)cc2C)c2c(C)cc(C)cc2C)c(C)c1. The number of hydrogen-bond donors (Lipinski definition) is 0. The Hall–Kier alpha value is -2.87. The fraction of sp³-hybridized carbons (Fsp3) is 0.321. The molecule has 2 nitrogen and oxygen atoms in total. The molecule has 0 heterocycles. The van der Waals surface area contributed by atoms with Crippen LogP contribution < -0.4 is 4.90 Å². The third-order valence-corrected chi connectivity index (χ3v) is 5.69. The van der Waals surface area contributed by atoms with E-state index in [-0.39, 0.29) is 0 Å². The Kier molecular flexibility index (Phi) is 6.17. The zero-order valence-corrected chi connectivity index (χ0v) is 19.9. The number of anilines is 2. The predicted molar refractivity (Wildman–Crippen MR) is 132 cm³/mol. The van der Waals surface area contributed by atoms with Gasteiger partial charge in [-0.05, 0) is 95.7 Å². The molecule has 0 amide bonds. The van der Waals surface area contributed by atoms with Crippen molar-refractivity contribution in [3.8, 4) is 0 Å². The molecule has 0 bridgehead atoms. The maximum Gasteiger partial charge on any atom is 0.100 e. The van der Waals surface area contributed by atoms with Gasteiger partial charge in [-0.25, -0.2) is 4.99 Å². The van der Waals surface area contributed by atoms with E-state index in [9.17, 15) is 0 Å². The van der Waals surface area contributed by atoms with Gasteiger partial charge in [-0.2, -0.15) is 0 Å². The summed E-state index contributed by atoms with van der Waals surface area (Å²) in [5, 5.41) is 0. The Morgan fingerprint density at radius 3 is 1.13 bits per heavy atom. The summed E-state index contributed by atoms with van der Waals surface area (Å²) in [5.41, 5.74) is 14.8. The van der Waals surface area contributed by atoms with Crippen molar-refractivity contribution < 1.29 is 0 Å². The molecule has 3 rings (SSSR count). The lowest BCUT2D eigenvalue weighted by Gasteiger charge is -2.28. The zero-order valence-electron chi connectivity index (χ0n) is 19.9. The van der Waals surface area contributed by atoms with E-state index in [2.05, 4.69) is 104 Å². The molecule has 0 aliphatic carbocycles. The molecular weight excluding hydrogens is 364 g/mol. The maximum atomic E-state index is 5.01. The predicted octanol–water partition coefficient (Wildman–Crippen LogP) is 7.96. The fourth-order valence-electron chi connectivity index (χ4n) is 4.82. The quantitative estimate of drug-likeness (QED) is 0.321. The van der Waals surface area contributed by atoms with E-state index in [4.69, 9.17) is 4.99 Å². The van der Waals surface area contributed by atoms with E-state index in [1.165, 1.54) is 61.4 Å². The molecule has 0 N–H and O–H groups in total. The molecule has 0 radical (unpaired) electrons. The molecule has 0 atom stereocenters. The second-order valence-electron chi connectivity index (χ2n) is 8.86. The van der Waals surface area contributed by atoms with Crippen LogP contribution in [0.15, 0.2) is 41.4 Å². The molecule has 3 aromatic carbocycles. The zero-order chi connectivity index (χ0) is 22.2. The Bertz CT molecular complexity index is 1010. The second-order valence-corrected chi connectivity index (χ2v) is 8.86. The highest BCUT2D eigenvalue weighted by molar-refractivity contribution is 5.95. The minimum absolute atomic E-state index is 1.05. The first-order valence-corrected chi connectivity index (χ1v) is 10.7. The summed E-state index contributed by atoms with van der Waals surface area (Å²) in [6.07, 6.45) is 2.01. The topological polar surface area (TPSA) is 15.6 Å². The summed E-state index contributed by atoms with van der Waals surface area (Å²) in [6, 6.07) is 13.4. The first-order valence-electron chi connectivity index (χ1n) is 10.7. The highest BCUT2D eigenvalue weighted by atomic mass is 15.2. The molecule has 156 valence electrons. The molecule has 0 aliphatic rings. The van der Waals surface area contributed by atoms with Gasteiger partial charge in [0.1, 0.15) is 6.34 Å². The average Bonchev–Trinajstić information content (AvgIpc) is 2.58. The van der Waals surface area contributed by atoms with Gasteiger partial charge in [-0.3, -0.25) is 4.90 Å². The monoisotopic (exact) mass is 398 g/mol. The molecule has 3 aromatic rings. The van der Waals surface area contributed by atoms with Gasteiger partial charge in [0.05, 0.1) is 17.1 Å². The van der Waals surface area contributed by atoms with Gasteiger partial charge in [0, 0.05) is 0 Å². The molecule has 0 saturated carbocycles. The molecule has 0 saturated heterocycles. The van der Waals surface area contributed by atoms with Crippen LogP contribution in [0.5, 0.6) is 0 Å². The molecule has 0 aliphatic heterocycles. The van der Waals surface area contributed by atoms with Crippen LogP contribution in [0.2, 0.25) is 0 Å². The maximum absolute atomic E-state index is 5.01. The largest absolute Gasteiger partial charge is 0.300 e. The lowest BCUT2D eigenvalue weighted by molar-refractivity contribution is 1.20. The van der Waals surface area contributed by atoms with Gasteiger partial charge in [-0.1, -0.05) is 53.1 Å². The number of aliphatic imine (C=N–C) groups is 1. The van der Waals surface area contributed by atoms with E-state index >= 15 is 0 Å². The third kappa shape index (κ3) is 4.33. The number of rotatable bonds is 4. The van der Waals surface area contributed by atoms with Crippen LogP contribution in [0.3, 0.4) is 0 Å². The summed E-state index contributed by atoms with van der Waals surface area (Å²) >= 11 is 0. The van der Waals surface area contributed by atoms with Crippen LogP contribution in [-0.2, 0) is 0 Å². The van der Waals surface area contributed by atoms with Gasteiger partial charge in [0.2, 0.25) is 0 Å². The summed E-state index contributed by atoms with van der Waals surface area (Å²) in [5.74, 6) is 0. The summed E-state index contributed by atoms with van der Waals surface area (Å²) in [6.45, 7) is 19.5. The van der Waals surface area contributed by atoms with Gasteiger partial charge in [0.25, 0.3) is 0 Å². The first-order chi connectivity index (χ1) is 14.1. The summed E-state index contributed by atoms with van der Waals surface area (Å²) < 4.78 is 0. The molecule has 0 spiro atoms. The summed E-state index contributed by atoms with van der Waals surface area (Å²) in [4.78, 5) is 7.29. The van der Waals surface area contributed by atoms with E-state index in [1.807, 2.05) is 6.34 Å². The fourth-order valence-corrected chi connectivity index (χ4v) is 4.82. The summed E-state index contributed by atoms with van der Waals surface area (Å²) in [7, 11) is 0.